The second kappa shape index (κ2) is 6.27. The molecule has 0 heterocycles. The van der Waals surface area contributed by atoms with Crippen LogP contribution in [0, 0.1) is 17.8 Å². The van der Waals surface area contributed by atoms with Crippen molar-refractivity contribution in [3.8, 4) is 0 Å². The van der Waals surface area contributed by atoms with Crippen molar-refractivity contribution in [2.45, 2.75) is 52.9 Å². The first-order valence-corrected chi connectivity index (χ1v) is 6.81. The Morgan fingerprint density at radius 2 is 2.06 bits per heavy atom. The van der Waals surface area contributed by atoms with Gasteiger partial charge in [0.25, 0.3) is 0 Å². The Hall–Kier alpha value is -0.530. The summed E-state index contributed by atoms with van der Waals surface area (Å²) >= 11 is 0. The van der Waals surface area contributed by atoms with Crippen LogP contribution in [0.3, 0.4) is 0 Å². The van der Waals surface area contributed by atoms with Crippen LogP contribution in [-0.2, 0) is 4.79 Å². The van der Waals surface area contributed by atoms with Crippen LogP contribution in [0.4, 0.5) is 0 Å². The molecule has 94 valence electrons. The van der Waals surface area contributed by atoms with Crippen LogP contribution in [0.1, 0.15) is 52.9 Å². The lowest BCUT2D eigenvalue weighted by atomic mass is 9.76. The standard InChI is InChI=1S/C14H27NO/c1-5-9-15(4)14(16)13-8-6-7-12(10-13)11(2)3/h11-13H,5-10H2,1-4H3. The maximum atomic E-state index is 12.2. The Bertz CT molecular complexity index is 225. The van der Waals surface area contributed by atoms with E-state index in [-0.39, 0.29) is 0 Å². The summed E-state index contributed by atoms with van der Waals surface area (Å²) in [6.45, 7) is 7.60. The fraction of sp³-hybridized carbons (Fsp3) is 0.929. The fourth-order valence-electron chi connectivity index (χ4n) is 2.81. The van der Waals surface area contributed by atoms with Gasteiger partial charge in [-0.1, -0.05) is 33.6 Å². The topological polar surface area (TPSA) is 20.3 Å². The minimum absolute atomic E-state index is 0.303. The van der Waals surface area contributed by atoms with Crippen molar-refractivity contribution in [1.82, 2.24) is 4.90 Å². The molecule has 0 aliphatic heterocycles. The largest absolute Gasteiger partial charge is 0.346 e. The van der Waals surface area contributed by atoms with Crippen molar-refractivity contribution in [2.75, 3.05) is 13.6 Å². The summed E-state index contributed by atoms with van der Waals surface area (Å²) in [4.78, 5) is 14.1. The van der Waals surface area contributed by atoms with Gasteiger partial charge in [-0.25, -0.2) is 0 Å². The molecule has 0 N–H and O–H groups in total. The van der Waals surface area contributed by atoms with Crippen LogP contribution in [-0.4, -0.2) is 24.4 Å². The Labute approximate surface area is 100 Å². The van der Waals surface area contributed by atoms with Crippen molar-refractivity contribution >= 4 is 5.91 Å². The lowest BCUT2D eigenvalue weighted by Gasteiger charge is -2.33. The van der Waals surface area contributed by atoms with Gasteiger partial charge in [-0.2, -0.15) is 0 Å². The third-order valence-electron chi connectivity index (χ3n) is 3.94. The molecule has 2 nitrogen and oxygen atoms in total. The smallest absolute Gasteiger partial charge is 0.225 e. The normalized spacial score (nSPS) is 25.8. The molecule has 16 heavy (non-hydrogen) atoms. The summed E-state index contributed by atoms with van der Waals surface area (Å²) in [6, 6.07) is 0. The predicted octanol–water partition coefficient (Wildman–Crippen LogP) is 3.32. The van der Waals surface area contributed by atoms with Crippen LogP contribution < -0.4 is 0 Å². The van der Waals surface area contributed by atoms with Crippen molar-refractivity contribution in [1.29, 1.82) is 0 Å². The van der Waals surface area contributed by atoms with Crippen LogP contribution in [0.25, 0.3) is 0 Å². The second-order valence-corrected chi connectivity index (χ2v) is 5.63. The molecule has 1 aliphatic rings. The minimum atomic E-state index is 0.303. The lowest BCUT2D eigenvalue weighted by molar-refractivity contribution is -0.136. The first-order chi connectivity index (χ1) is 7.56. The van der Waals surface area contributed by atoms with E-state index in [2.05, 4.69) is 20.8 Å². The van der Waals surface area contributed by atoms with E-state index in [1.165, 1.54) is 12.8 Å². The molecule has 0 bridgehead atoms. The molecule has 0 aromatic rings. The van der Waals surface area contributed by atoms with Gasteiger partial charge in [-0.05, 0) is 31.1 Å². The molecule has 1 saturated carbocycles. The van der Waals surface area contributed by atoms with Crippen molar-refractivity contribution in [3.05, 3.63) is 0 Å². The van der Waals surface area contributed by atoms with Gasteiger partial charge in [-0.3, -0.25) is 4.79 Å². The first-order valence-electron chi connectivity index (χ1n) is 6.81. The number of carbonyl (C=O) groups is 1. The Balaban J connectivity index is 2.49. The van der Waals surface area contributed by atoms with E-state index in [9.17, 15) is 4.79 Å². The fourth-order valence-corrected chi connectivity index (χ4v) is 2.81. The third-order valence-corrected chi connectivity index (χ3v) is 3.94. The maximum absolute atomic E-state index is 12.2. The van der Waals surface area contributed by atoms with Gasteiger partial charge < -0.3 is 4.90 Å². The molecular formula is C14H27NO. The molecule has 1 amide bonds. The van der Waals surface area contributed by atoms with Crippen molar-refractivity contribution in [3.63, 3.8) is 0 Å². The van der Waals surface area contributed by atoms with E-state index in [0.717, 1.165) is 37.6 Å². The Kier molecular flexibility index (Phi) is 5.30. The molecule has 2 heteroatoms. The van der Waals surface area contributed by atoms with Gasteiger partial charge in [0.1, 0.15) is 0 Å². The summed E-state index contributed by atoms with van der Waals surface area (Å²) in [5.41, 5.74) is 0. The highest BCUT2D eigenvalue weighted by Gasteiger charge is 2.29. The van der Waals surface area contributed by atoms with Crippen LogP contribution in [0.2, 0.25) is 0 Å². The summed E-state index contributed by atoms with van der Waals surface area (Å²) in [6.07, 6.45) is 5.83. The highest BCUT2D eigenvalue weighted by atomic mass is 16.2. The molecule has 2 atom stereocenters. The molecule has 1 aliphatic carbocycles. The van der Waals surface area contributed by atoms with E-state index < -0.39 is 0 Å². The average molecular weight is 225 g/mol. The van der Waals surface area contributed by atoms with Crippen molar-refractivity contribution in [2.24, 2.45) is 17.8 Å². The molecule has 1 rings (SSSR count). The van der Waals surface area contributed by atoms with E-state index in [0.29, 0.717) is 11.8 Å². The number of hydrogen-bond donors (Lipinski definition) is 0. The van der Waals surface area contributed by atoms with Gasteiger partial charge in [0.05, 0.1) is 0 Å². The molecular weight excluding hydrogens is 198 g/mol. The molecule has 0 spiro atoms. The van der Waals surface area contributed by atoms with Gasteiger partial charge in [0.15, 0.2) is 0 Å². The molecule has 1 fully saturated rings. The Morgan fingerprint density at radius 1 is 1.38 bits per heavy atom. The van der Waals surface area contributed by atoms with E-state index in [4.69, 9.17) is 0 Å². The highest BCUT2D eigenvalue weighted by molar-refractivity contribution is 5.78. The van der Waals surface area contributed by atoms with Gasteiger partial charge >= 0.3 is 0 Å². The quantitative estimate of drug-likeness (QED) is 0.718. The molecule has 0 saturated heterocycles. The SMILES string of the molecule is CCCN(C)C(=O)C1CCCC(C(C)C)C1. The minimum Gasteiger partial charge on any atom is -0.346 e. The van der Waals surface area contributed by atoms with Crippen LogP contribution >= 0.6 is 0 Å². The number of amides is 1. The lowest BCUT2D eigenvalue weighted by Crippen LogP contribution is -2.36. The summed E-state index contributed by atoms with van der Waals surface area (Å²) in [5.74, 6) is 2.18. The monoisotopic (exact) mass is 225 g/mol. The molecule has 0 aromatic heterocycles. The number of nitrogens with zero attached hydrogens (tertiary/aromatic N) is 1. The predicted molar refractivity (Wildman–Crippen MR) is 68.2 cm³/mol. The zero-order valence-electron chi connectivity index (χ0n) is 11.3. The third kappa shape index (κ3) is 3.50. The Morgan fingerprint density at radius 3 is 2.62 bits per heavy atom. The maximum Gasteiger partial charge on any atom is 0.225 e. The summed E-state index contributed by atoms with van der Waals surface area (Å²) in [7, 11) is 1.95. The molecule has 0 aromatic carbocycles. The molecule has 2 unspecified atom stereocenters. The highest BCUT2D eigenvalue weighted by Crippen LogP contribution is 2.34. The van der Waals surface area contributed by atoms with Gasteiger partial charge in [0.2, 0.25) is 5.91 Å². The number of rotatable bonds is 4. The van der Waals surface area contributed by atoms with Crippen molar-refractivity contribution < 1.29 is 4.79 Å². The summed E-state index contributed by atoms with van der Waals surface area (Å²) < 4.78 is 0. The van der Waals surface area contributed by atoms with E-state index in [1.807, 2.05) is 11.9 Å². The van der Waals surface area contributed by atoms with Gasteiger partial charge in [0, 0.05) is 19.5 Å². The zero-order valence-corrected chi connectivity index (χ0v) is 11.3. The number of carbonyl (C=O) groups excluding carboxylic acids is 1. The number of hydrogen-bond acceptors (Lipinski definition) is 1. The molecule has 0 radical (unpaired) electrons. The second-order valence-electron chi connectivity index (χ2n) is 5.63. The van der Waals surface area contributed by atoms with Gasteiger partial charge in [-0.15, -0.1) is 0 Å². The van der Waals surface area contributed by atoms with Crippen LogP contribution in [0.5, 0.6) is 0 Å². The first kappa shape index (κ1) is 13.5. The van der Waals surface area contributed by atoms with Crippen LogP contribution in [0.15, 0.2) is 0 Å². The summed E-state index contributed by atoms with van der Waals surface area (Å²) in [5, 5.41) is 0. The zero-order chi connectivity index (χ0) is 12.1. The van der Waals surface area contributed by atoms with E-state index >= 15 is 0 Å². The van der Waals surface area contributed by atoms with E-state index in [1.54, 1.807) is 0 Å². The average Bonchev–Trinajstić information content (AvgIpc) is 2.28.